The highest BCUT2D eigenvalue weighted by Gasteiger charge is 2.32. The van der Waals surface area contributed by atoms with Crippen LogP contribution in [0.2, 0.25) is 25.1 Å². The lowest BCUT2D eigenvalue weighted by atomic mass is 9.95. The predicted molar refractivity (Wildman–Crippen MR) is 155 cm³/mol. The van der Waals surface area contributed by atoms with E-state index in [-0.39, 0.29) is 39.2 Å². The van der Waals surface area contributed by atoms with Gasteiger partial charge in [0.05, 0.1) is 27.0 Å². The summed E-state index contributed by atoms with van der Waals surface area (Å²) in [6.07, 6.45) is 5.85. The molecule has 1 aliphatic carbocycles. The molecule has 1 aliphatic rings. The summed E-state index contributed by atoms with van der Waals surface area (Å²) in [4.78, 5) is 28.2. The zero-order valence-corrected chi connectivity index (χ0v) is 25.4. The molecule has 1 saturated carbocycles. The number of rotatable bonds is 9. The van der Waals surface area contributed by atoms with Crippen LogP contribution in [-0.2, 0) is 26.2 Å². The van der Waals surface area contributed by atoms with Gasteiger partial charge in [-0.15, -0.1) is 0 Å². The molecule has 13 heteroatoms. The van der Waals surface area contributed by atoms with Gasteiger partial charge < -0.3 is 10.2 Å². The van der Waals surface area contributed by atoms with Gasteiger partial charge in [0.2, 0.25) is 21.8 Å². The third-order valence-corrected chi connectivity index (χ3v) is 9.15. The van der Waals surface area contributed by atoms with Crippen LogP contribution in [0.3, 0.4) is 0 Å². The summed E-state index contributed by atoms with van der Waals surface area (Å²) in [5.74, 6) is -0.983. The topological polar surface area (TPSA) is 86.8 Å². The Labute approximate surface area is 248 Å². The number of sulfonamides is 1. The molecule has 0 bridgehead atoms. The SMILES string of the molecule is C[C@@H](C(=O)NC1CCCCC1)N(Cc1ccc(Cl)cc1Cl)C(=O)CN(c1cc(Cl)c(Cl)cc1Cl)S(C)(=O)=O. The quantitative estimate of drug-likeness (QED) is 0.313. The number of nitrogens with one attached hydrogen (secondary N) is 1. The maximum Gasteiger partial charge on any atom is 0.244 e. The van der Waals surface area contributed by atoms with Crippen molar-refractivity contribution in [2.75, 3.05) is 17.1 Å². The van der Waals surface area contributed by atoms with Gasteiger partial charge in [0, 0.05) is 22.6 Å². The number of benzene rings is 2. The molecular formula is C25H28Cl5N3O4S. The first-order chi connectivity index (χ1) is 17.8. The van der Waals surface area contributed by atoms with E-state index in [1.54, 1.807) is 19.1 Å². The molecule has 3 rings (SSSR count). The van der Waals surface area contributed by atoms with Crippen molar-refractivity contribution in [3.63, 3.8) is 0 Å². The minimum atomic E-state index is -4.00. The van der Waals surface area contributed by atoms with Crippen LogP contribution in [0, 0.1) is 0 Å². The molecule has 208 valence electrons. The predicted octanol–water partition coefficient (Wildman–Crippen LogP) is 6.59. The first-order valence-corrected chi connectivity index (χ1v) is 15.7. The molecule has 0 unspecified atom stereocenters. The largest absolute Gasteiger partial charge is 0.352 e. The van der Waals surface area contributed by atoms with Gasteiger partial charge in [0.25, 0.3) is 0 Å². The number of anilines is 1. The Kier molecular flexibility index (Phi) is 10.9. The zero-order chi connectivity index (χ0) is 28.2. The maximum absolute atomic E-state index is 13.7. The van der Waals surface area contributed by atoms with E-state index < -0.39 is 28.5 Å². The summed E-state index contributed by atoms with van der Waals surface area (Å²) in [5.41, 5.74) is 0.529. The fraction of sp³-hybridized carbons (Fsp3) is 0.440. The van der Waals surface area contributed by atoms with Crippen molar-refractivity contribution in [3.8, 4) is 0 Å². The molecule has 2 aromatic carbocycles. The lowest BCUT2D eigenvalue weighted by Crippen LogP contribution is -2.53. The van der Waals surface area contributed by atoms with Crippen molar-refractivity contribution in [2.45, 2.75) is 57.7 Å². The van der Waals surface area contributed by atoms with Crippen molar-refractivity contribution in [3.05, 3.63) is 61.0 Å². The smallest absolute Gasteiger partial charge is 0.244 e. The van der Waals surface area contributed by atoms with E-state index in [4.69, 9.17) is 58.0 Å². The maximum atomic E-state index is 13.7. The number of hydrogen-bond acceptors (Lipinski definition) is 4. The molecule has 2 amide bonds. The van der Waals surface area contributed by atoms with Gasteiger partial charge in [-0.25, -0.2) is 8.42 Å². The minimum Gasteiger partial charge on any atom is -0.352 e. The summed E-state index contributed by atoms with van der Waals surface area (Å²) in [7, 11) is -4.00. The number of nitrogens with zero attached hydrogens (tertiary/aromatic N) is 2. The van der Waals surface area contributed by atoms with Crippen molar-refractivity contribution in [2.24, 2.45) is 0 Å². The number of hydrogen-bond donors (Lipinski definition) is 1. The highest BCUT2D eigenvalue weighted by atomic mass is 35.5. The fourth-order valence-electron chi connectivity index (χ4n) is 4.28. The molecule has 0 radical (unpaired) electrons. The van der Waals surface area contributed by atoms with E-state index in [1.807, 2.05) is 0 Å². The fourth-order valence-corrected chi connectivity index (χ4v) is 6.30. The molecule has 7 nitrogen and oxygen atoms in total. The molecule has 1 N–H and O–H groups in total. The summed E-state index contributed by atoms with van der Waals surface area (Å²) < 4.78 is 26.4. The van der Waals surface area contributed by atoms with Gasteiger partial charge in [-0.3, -0.25) is 13.9 Å². The molecule has 1 atom stereocenters. The average Bonchev–Trinajstić information content (AvgIpc) is 2.84. The number of halogens is 5. The lowest BCUT2D eigenvalue weighted by molar-refractivity contribution is -0.139. The van der Waals surface area contributed by atoms with Crippen molar-refractivity contribution in [1.82, 2.24) is 10.2 Å². The monoisotopic (exact) mass is 641 g/mol. The summed E-state index contributed by atoms with van der Waals surface area (Å²) in [5, 5.41) is 3.94. The van der Waals surface area contributed by atoms with Gasteiger partial charge in [0.1, 0.15) is 12.6 Å². The highest BCUT2D eigenvalue weighted by molar-refractivity contribution is 7.92. The van der Waals surface area contributed by atoms with Crippen LogP contribution in [-0.4, -0.2) is 50.0 Å². The van der Waals surface area contributed by atoms with Crippen molar-refractivity contribution in [1.29, 1.82) is 0 Å². The van der Waals surface area contributed by atoms with Crippen LogP contribution < -0.4 is 9.62 Å². The summed E-state index contributed by atoms with van der Waals surface area (Å²) in [6, 6.07) is 6.48. The molecule has 0 heterocycles. The van der Waals surface area contributed by atoms with E-state index in [0.717, 1.165) is 42.7 Å². The second kappa shape index (κ2) is 13.3. The van der Waals surface area contributed by atoms with Gasteiger partial charge in [-0.05, 0) is 49.6 Å². The van der Waals surface area contributed by atoms with Crippen LogP contribution in [0.5, 0.6) is 0 Å². The van der Waals surface area contributed by atoms with Crippen LogP contribution in [0.4, 0.5) is 5.69 Å². The molecule has 38 heavy (non-hydrogen) atoms. The lowest BCUT2D eigenvalue weighted by Gasteiger charge is -2.33. The molecule has 0 spiro atoms. The summed E-state index contributed by atoms with van der Waals surface area (Å²) in [6.45, 7) is 0.903. The highest BCUT2D eigenvalue weighted by Crippen LogP contribution is 2.36. The Bertz CT molecular complexity index is 1300. The Morgan fingerprint density at radius 1 is 0.947 bits per heavy atom. The first-order valence-electron chi connectivity index (χ1n) is 11.9. The van der Waals surface area contributed by atoms with E-state index in [9.17, 15) is 18.0 Å². The van der Waals surface area contributed by atoms with E-state index in [0.29, 0.717) is 15.6 Å². The third-order valence-electron chi connectivity index (χ3n) is 6.41. The molecule has 0 aliphatic heterocycles. The molecule has 1 fully saturated rings. The van der Waals surface area contributed by atoms with E-state index >= 15 is 0 Å². The Hall–Kier alpha value is -1.42. The Balaban J connectivity index is 1.94. The van der Waals surface area contributed by atoms with Crippen molar-refractivity contribution < 1.29 is 18.0 Å². The zero-order valence-electron chi connectivity index (χ0n) is 20.8. The van der Waals surface area contributed by atoms with Crippen LogP contribution in [0.1, 0.15) is 44.6 Å². The third kappa shape index (κ3) is 8.05. The number of carbonyl (C=O) groups is 2. The van der Waals surface area contributed by atoms with Crippen LogP contribution >= 0.6 is 58.0 Å². The molecule has 2 aromatic rings. The van der Waals surface area contributed by atoms with Crippen molar-refractivity contribution >= 4 is 85.5 Å². The van der Waals surface area contributed by atoms with E-state index in [1.165, 1.54) is 23.1 Å². The van der Waals surface area contributed by atoms with Crippen LogP contribution in [0.25, 0.3) is 0 Å². The second-order valence-corrected chi connectivity index (χ2v) is 13.2. The van der Waals surface area contributed by atoms with Gasteiger partial charge in [0.15, 0.2) is 0 Å². The molecule has 0 saturated heterocycles. The molecular weight excluding hydrogens is 616 g/mol. The first kappa shape index (κ1) is 31.1. The number of amides is 2. The van der Waals surface area contributed by atoms with Gasteiger partial charge >= 0.3 is 0 Å². The Morgan fingerprint density at radius 2 is 1.58 bits per heavy atom. The summed E-state index contributed by atoms with van der Waals surface area (Å²) >= 11 is 30.8. The molecule has 0 aromatic heterocycles. The van der Waals surface area contributed by atoms with Gasteiger partial charge in [-0.2, -0.15) is 0 Å². The standard InChI is InChI=1S/C25H28Cl5N3O4S/c1-15(25(35)31-18-6-4-3-5-7-18)32(13-16-8-9-17(26)10-19(16)27)24(34)14-33(38(2,36)37)23-12-21(29)20(28)11-22(23)30/h8-12,15,18H,3-7,13-14H2,1-2H3,(H,31,35)/t15-/m0/s1. The van der Waals surface area contributed by atoms with Crippen LogP contribution in [0.15, 0.2) is 30.3 Å². The Morgan fingerprint density at radius 3 is 2.18 bits per heavy atom. The van der Waals surface area contributed by atoms with E-state index in [2.05, 4.69) is 5.32 Å². The second-order valence-electron chi connectivity index (χ2n) is 9.26. The van der Waals surface area contributed by atoms with Gasteiger partial charge in [-0.1, -0.05) is 83.3 Å². The normalized spacial score (nSPS) is 15.1. The minimum absolute atomic E-state index is 0.00647. The number of carbonyl (C=O) groups excluding carboxylic acids is 2. The average molecular weight is 644 g/mol.